The standard InChI is InChI=1S/C19H18N6.2C2HF3O2/c1-25(2)12-5-3-11(4-6-12)17-13-7-8-16-15(10-22-24-16)18(13)23-19(21)14(17)9-20;2*3-2(4,5)1(6)7/h3-6,10H,7-8H2,1-2H3,(H2,21,23)(H,22,24);2*(H,6,7). The summed E-state index contributed by atoms with van der Waals surface area (Å²) in [5.41, 5.74) is 13.5. The van der Waals surface area contributed by atoms with Crippen LogP contribution in [0.4, 0.5) is 37.8 Å². The molecular formula is C23H20F6N6O4. The van der Waals surface area contributed by atoms with E-state index in [1.165, 1.54) is 0 Å². The van der Waals surface area contributed by atoms with Crippen molar-refractivity contribution in [2.75, 3.05) is 24.7 Å². The second-order valence-corrected chi connectivity index (χ2v) is 8.00. The van der Waals surface area contributed by atoms with Gasteiger partial charge in [-0.3, -0.25) is 5.10 Å². The number of aromatic nitrogens is 3. The van der Waals surface area contributed by atoms with Crippen LogP contribution in [0.25, 0.3) is 22.4 Å². The van der Waals surface area contributed by atoms with Crippen LogP contribution in [0.3, 0.4) is 0 Å². The Hall–Kier alpha value is -4.81. The van der Waals surface area contributed by atoms with Crippen LogP contribution in [-0.4, -0.2) is 63.8 Å². The number of nitrogens with zero attached hydrogens (tertiary/aromatic N) is 4. The molecule has 0 aliphatic heterocycles. The first-order valence-corrected chi connectivity index (χ1v) is 10.6. The highest BCUT2D eigenvalue weighted by molar-refractivity contribution is 5.86. The third kappa shape index (κ3) is 7.37. The highest BCUT2D eigenvalue weighted by Gasteiger charge is 2.38. The van der Waals surface area contributed by atoms with Gasteiger partial charge in [0.2, 0.25) is 0 Å². The molecule has 2 heterocycles. The number of H-pyrrole nitrogens is 1. The van der Waals surface area contributed by atoms with E-state index in [2.05, 4.69) is 21.3 Å². The maximum atomic E-state index is 10.6. The molecule has 10 nitrogen and oxygen atoms in total. The second-order valence-electron chi connectivity index (χ2n) is 8.00. The summed E-state index contributed by atoms with van der Waals surface area (Å²) < 4.78 is 63.5. The zero-order valence-electron chi connectivity index (χ0n) is 20.1. The average molecular weight is 558 g/mol. The number of carboxylic acid groups (broad SMARTS) is 2. The van der Waals surface area contributed by atoms with Crippen molar-refractivity contribution in [3.05, 3.63) is 47.3 Å². The van der Waals surface area contributed by atoms with Crippen molar-refractivity contribution in [2.24, 2.45) is 0 Å². The monoisotopic (exact) mass is 558 g/mol. The summed E-state index contributed by atoms with van der Waals surface area (Å²) in [5.74, 6) is -5.25. The van der Waals surface area contributed by atoms with Gasteiger partial charge in [0.1, 0.15) is 17.5 Å². The molecule has 3 aromatic rings. The molecule has 1 aliphatic rings. The minimum absolute atomic E-state index is 0.266. The second kappa shape index (κ2) is 11.7. The van der Waals surface area contributed by atoms with Gasteiger partial charge in [-0.1, -0.05) is 12.1 Å². The molecule has 208 valence electrons. The number of pyridine rings is 1. The van der Waals surface area contributed by atoms with Gasteiger partial charge in [-0.15, -0.1) is 0 Å². The number of benzene rings is 1. The van der Waals surface area contributed by atoms with E-state index in [1.807, 2.05) is 43.3 Å². The van der Waals surface area contributed by atoms with E-state index < -0.39 is 24.3 Å². The molecule has 0 bridgehead atoms. The van der Waals surface area contributed by atoms with Crippen molar-refractivity contribution >= 4 is 23.4 Å². The maximum absolute atomic E-state index is 10.6. The summed E-state index contributed by atoms with van der Waals surface area (Å²) in [5, 5.41) is 31.1. The number of hydrogen-bond donors (Lipinski definition) is 4. The number of nitrogens with one attached hydrogen (secondary N) is 1. The normalized spacial score (nSPS) is 11.9. The predicted octanol–water partition coefficient (Wildman–Crippen LogP) is 4.02. The zero-order chi connectivity index (χ0) is 29.7. The van der Waals surface area contributed by atoms with Crippen LogP contribution in [0.2, 0.25) is 0 Å². The summed E-state index contributed by atoms with van der Waals surface area (Å²) in [6.07, 6.45) is -6.73. The lowest BCUT2D eigenvalue weighted by Gasteiger charge is -2.21. The smallest absolute Gasteiger partial charge is 0.475 e. The minimum Gasteiger partial charge on any atom is -0.475 e. The number of aryl methyl sites for hydroxylation is 1. The van der Waals surface area contributed by atoms with Crippen LogP contribution >= 0.6 is 0 Å². The van der Waals surface area contributed by atoms with Crippen LogP contribution in [0, 0.1) is 11.3 Å². The highest BCUT2D eigenvalue weighted by Crippen LogP contribution is 2.40. The predicted molar refractivity (Wildman–Crippen MR) is 125 cm³/mol. The van der Waals surface area contributed by atoms with E-state index in [-0.39, 0.29) is 5.82 Å². The molecule has 0 amide bonds. The van der Waals surface area contributed by atoms with E-state index in [0.29, 0.717) is 5.56 Å². The van der Waals surface area contributed by atoms with E-state index in [1.54, 1.807) is 6.20 Å². The maximum Gasteiger partial charge on any atom is 0.490 e. The summed E-state index contributed by atoms with van der Waals surface area (Å²) >= 11 is 0. The molecule has 39 heavy (non-hydrogen) atoms. The molecular weight excluding hydrogens is 538 g/mol. The average Bonchev–Trinajstić information content (AvgIpc) is 3.32. The molecule has 16 heteroatoms. The van der Waals surface area contributed by atoms with E-state index in [4.69, 9.17) is 25.5 Å². The summed E-state index contributed by atoms with van der Waals surface area (Å²) in [6, 6.07) is 10.4. The fraction of sp³-hybridized carbons (Fsp3) is 0.261. The van der Waals surface area contributed by atoms with Gasteiger partial charge in [0.25, 0.3) is 0 Å². The minimum atomic E-state index is -5.08. The Morgan fingerprint density at radius 2 is 1.54 bits per heavy atom. The summed E-state index contributed by atoms with van der Waals surface area (Å²) in [7, 11) is 4.00. The van der Waals surface area contributed by atoms with E-state index in [9.17, 15) is 31.6 Å². The van der Waals surface area contributed by atoms with Crippen LogP contribution in [-0.2, 0) is 22.4 Å². The van der Waals surface area contributed by atoms with Crippen molar-refractivity contribution in [1.29, 1.82) is 5.26 Å². The Bertz CT molecular complexity index is 1370. The van der Waals surface area contributed by atoms with Gasteiger partial charge in [-0.25, -0.2) is 14.6 Å². The van der Waals surface area contributed by atoms with Gasteiger partial charge in [0.05, 0.1) is 11.9 Å². The topological polar surface area (TPSA) is 169 Å². The first-order valence-electron chi connectivity index (χ1n) is 10.6. The molecule has 0 unspecified atom stereocenters. The van der Waals surface area contributed by atoms with Crippen molar-refractivity contribution in [1.82, 2.24) is 15.2 Å². The number of aromatic amines is 1. The molecule has 0 saturated carbocycles. The third-order valence-electron chi connectivity index (χ3n) is 5.19. The van der Waals surface area contributed by atoms with Gasteiger partial charge >= 0.3 is 24.3 Å². The number of hydrogen-bond acceptors (Lipinski definition) is 7. The van der Waals surface area contributed by atoms with Crippen molar-refractivity contribution in [3.8, 4) is 28.5 Å². The van der Waals surface area contributed by atoms with Gasteiger partial charge in [-0.2, -0.15) is 36.7 Å². The number of anilines is 2. The number of fused-ring (bicyclic) bond motifs is 3. The number of nitrogen functional groups attached to an aromatic ring is 1. The first-order chi connectivity index (χ1) is 18.0. The SMILES string of the molecule is CN(C)c1ccc(-c2c(C#N)c(N)nc3c2CCc2[nH]ncc2-3)cc1.O=C(O)C(F)(F)F.O=C(O)C(F)(F)F. The molecule has 5 N–H and O–H groups in total. The van der Waals surface area contributed by atoms with E-state index in [0.717, 1.165) is 52.2 Å². The van der Waals surface area contributed by atoms with E-state index >= 15 is 0 Å². The highest BCUT2D eigenvalue weighted by atomic mass is 19.4. The Morgan fingerprint density at radius 1 is 1.03 bits per heavy atom. The van der Waals surface area contributed by atoms with Gasteiger partial charge < -0.3 is 20.8 Å². The van der Waals surface area contributed by atoms with Gasteiger partial charge in [0, 0.05) is 36.6 Å². The van der Waals surface area contributed by atoms with Crippen LogP contribution in [0.1, 0.15) is 16.8 Å². The number of nitriles is 1. The van der Waals surface area contributed by atoms with Gasteiger partial charge in [-0.05, 0) is 36.1 Å². The molecule has 0 fully saturated rings. The molecule has 4 rings (SSSR count). The first kappa shape index (κ1) is 30.4. The Kier molecular flexibility index (Phi) is 9.13. The van der Waals surface area contributed by atoms with Crippen molar-refractivity contribution in [2.45, 2.75) is 25.2 Å². The van der Waals surface area contributed by atoms with Gasteiger partial charge in [0.15, 0.2) is 0 Å². The Labute approximate surface area is 216 Å². The van der Waals surface area contributed by atoms with Crippen LogP contribution < -0.4 is 10.6 Å². The fourth-order valence-electron chi connectivity index (χ4n) is 3.42. The number of rotatable bonds is 2. The molecule has 0 radical (unpaired) electrons. The lowest BCUT2D eigenvalue weighted by atomic mass is 9.86. The largest absolute Gasteiger partial charge is 0.490 e. The molecule has 2 aromatic heterocycles. The lowest BCUT2D eigenvalue weighted by Crippen LogP contribution is -2.21. The molecule has 0 atom stereocenters. The Balaban J connectivity index is 0.000000317. The fourth-order valence-corrected chi connectivity index (χ4v) is 3.42. The lowest BCUT2D eigenvalue weighted by molar-refractivity contribution is -0.193. The number of aliphatic carboxylic acids is 2. The quantitative estimate of drug-likeness (QED) is 0.339. The zero-order valence-corrected chi connectivity index (χ0v) is 20.1. The Morgan fingerprint density at radius 3 is 1.97 bits per heavy atom. The molecule has 1 aliphatic carbocycles. The third-order valence-corrected chi connectivity index (χ3v) is 5.19. The van der Waals surface area contributed by atoms with Crippen molar-refractivity contribution in [3.63, 3.8) is 0 Å². The van der Waals surface area contributed by atoms with Crippen LogP contribution in [0.15, 0.2) is 30.5 Å². The number of halogens is 6. The number of nitrogens with two attached hydrogens (primary N) is 1. The number of carbonyl (C=O) groups is 2. The van der Waals surface area contributed by atoms with Crippen LogP contribution in [0.5, 0.6) is 0 Å². The number of alkyl halides is 6. The van der Waals surface area contributed by atoms with Crippen molar-refractivity contribution < 1.29 is 46.1 Å². The summed E-state index contributed by atoms with van der Waals surface area (Å²) in [4.78, 5) is 24.4. The molecule has 0 spiro atoms. The molecule has 1 aromatic carbocycles. The number of carboxylic acids is 2. The molecule has 0 saturated heterocycles. The summed E-state index contributed by atoms with van der Waals surface area (Å²) in [6.45, 7) is 0.